The molecule has 1 aliphatic rings. The van der Waals surface area contributed by atoms with Gasteiger partial charge in [0.2, 0.25) is 0 Å². The number of rotatable bonds is 2. The highest BCUT2D eigenvalue weighted by molar-refractivity contribution is 5.02. The van der Waals surface area contributed by atoms with Gasteiger partial charge in [-0.2, -0.15) is 13.2 Å². The molecule has 0 aromatic carbocycles. The van der Waals surface area contributed by atoms with Crippen molar-refractivity contribution >= 4 is 0 Å². The molecule has 0 bridgehead atoms. The van der Waals surface area contributed by atoms with Crippen LogP contribution in [0.1, 0.15) is 19.8 Å². The van der Waals surface area contributed by atoms with Gasteiger partial charge in [-0.05, 0) is 25.3 Å². The molecule has 0 saturated heterocycles. The zero-order valence-corrected chi connectivity index (χ0v) is 6.41. The van der Waals surface area contributed by atoms with Gasteiger partial charge in [-0.1, -0.05) is 6.92 Å². The van der Waals surface area contributed by atoms with Gasteiger partial charge in [-0.15, -0.1) is 0 Å². The van der Waals surface area contributed by atoms with Crippen LogP contribution in [0.2, 0.25) is 0 Å². The van der Waals surface area contributed by atoms with E-state index >= 15 is 0 Å². The lowest BCUT2D eigenvalue weighted by Gasteiger charge is -2.24. The van der Waals surface area contributed by atoms with Gasteiger partial charge in [-0.3, -0.25) is 0 Å². The number of hydrogen-bond acceptors (Lipinski definition) is 1. The van der Waals surface area contributed by atoms with Gasteiger partial charge in [0.1, 0.15) is 0 Å². The van der Waals surface area contributed by atoms with Crippen LogP contribution in [0.4, 0.5) is 13.2 Å². The highest BCUT2D eigenvalue weighted by atomic mass is 19.4. The second-order valence-corrected chi connectivity index (χ2v) is 3.29. The second-order valence-electron chi connectivity index (χ2n) is 3.29. The summed E-state index contributed by atoms with van der Waals surface area (Å²) in [6.45, 7) is 1.69. The summed E-state index contributed by atoms with van der Waals surface area (Å²) in [6, 6.07) is 0. The van der Waals surface area contributed by atoms with Crippen molar-refractivity contribution in [1.82, 2.24) is 0 Å². The van der Waals surface area contributed by atoms with Crippen LogP contribution in [0.5, 0.6) is 0 Å². The average Bonchev–Trinajstić information content (AvgIpc) is 2.63. The van der Waals surface area contributed by atoms with E-state index in [2.05, 4.69) is 0 Å². The molecule has 2 N–H and O–H groups in total. The molecule has 4 heteroatoms. The number of halogens is 3. The quantitative estimate of drug-likeness (QED) is 0.668. The Morgan fingerprint density at radius 2 is 1.91 bits per heavy atom. The Morgan fingerprint density at radius 3 is 2.00 bits per heavy atom. The van der Waals surface area contributed by atoms with Crippen LogP contribution < -0.4 is 5.73 Å². The maximum Gasteiger partial charge on any atom is 0.394 e. The van der Waals surface area contributed by atoms with Gasteiger partial charge >= 0.3 is 6.18 Å². The van der Waals surface area contributed by atoms with Crippen LogP contribution in [-0.4, -0.2) is 12.7 Å². The Morgan fingerprint density at radius 1 is 1.45 bits per heavy atom. The fourth-order valence-electron chi connectivity index (χ4n) is 1.42. The Labute approximate surface area is 63.8 Å². The van der Waals surface area contributed by atoms with Crippen molar-refractivity contribution in [2.75, 3.05) is 6.54 Å². The van der Waals surface area contributed by atoms with Crippen molar-refractivity contribution in [3.8, 4) is 0 Å². The molecule has 0 aromatic rings. The lowest BCUT2D eigenvalue weighted by Crippen LogP contribution is -2.34. The van der Waals surface area contributed by atoms with Crippen molar-refractivity contribution < 1.29 is 13.2 Å². The van der Waals surface area contributed by atoms with E-state index in [9.17, 15) is 13.2 Å². The van der Waals surface area contributed by atoms with E-state index < -0.39 is 17.5 Å². The number of alkyl halides is 3. The Balaban J connectivity index is 2.68. The molecule has 0 aromatic heterocycles. The minimum atomic E-state index is -4.05. The predicted molar refractivity (Wildman–Crippen MR) is 35.9 cm³/mol. The third-order valence-electron chi connectivity index (χ3n) is 2.65. The van der Waals surface area contributed by atoms with E-state index in [1.54, 1.807) is 6.92 Å². The van der Waals surface area contributed by atoms with Crippen LogP contribution >= 0.6 is 0 Å². The largest absolute Gasteiger partial charge is 0.394 e. The Kier molecular flexibility index (Phi) is 1.90. The van der Waals surface area contributed by atoms with Gasteiger partial charge < -0.3 is 5.73 Å². The molecule has 0 aliphatic heterocycles. The molecule has 0 radical (unpaired) electrons. The van der Waals surface area contributed by atoms with Crippen LogP contribution in [0, 0.1) is 11.3 Å². The van der Waals surface area contributed by atoms with Crippen molar-refractivity contribution in [1.29, 1.82) is 0 Å². The molecule has 66 valence electrons. The zero-order valence-electron chi connectivity index (χ0n) is 6.41. The van der Waals surface area contributed by atoms with Crippen molar-refractivity contribution in [3.05, 3.63) is 0 Å². The molecule has 0 amide bonds. The summed E-state index contributed by atoms with van der Waals surface area (Å²) in [6.07, 6.45) is -3.53. The smallest absolute Gasteiger partial charge is 0.330 e. The van der Waals surface area contributed by atoms with E-state index in [1.807, 2.05) is 0 Å². The molecular formula is C7H12F3N. The average molecular weight is 167 g/mol. The second kappa shape index (κ2) is 2.37. The predicted octanol–water partition coefficient (Wildman–Crippen LogP) is 1.92. The molecule has 1 nitrogen and oxygen atoms in total. The molecule has 0 spiro atoms. The van der Waals surface area contributed by atoms with E-state index in [0.717, 1.165) is 0 Å². The molecule has 1 saturated carbocycles. The van der Waals surface area contributed by atoms with E-state index in [0.29, 0.717) is 0 Å². The molecule has 1 aliphatic carbocycles. The summed E-state index contributed by atoms with van der Waals surface area (Å²) in [7, 11) is 0. The molecular weight excluding hydrogens is 155 g/mol. The molecule has 11 heavy (non-hydrogen) atoms. The summed E-state index contributed by atoms with van der Waals surface area (Å²) in [5.41, 5.74) is 3.77. The fourth-order valence-corrected chi connectivity index (χ4v) is 1.42. The third kappa shape index (κ3) is 1.24. The Bertz CT molecular complexity index is 148. The van der Waals surface area contributed by atoms with Crippen LogP contribution in [0.15, 0.2) is 0 Å². The summed E-state index contributed by atoms with van der Waals surface area (Å²) in [5, 5.41) is 0. The number of nitrogens with two attached hydrogens (primary N) is 1. The third-order valence-corrected chi connectivity index (χ3v) is 2.65. The summed E-state index contributed by atoms with van der Waals surface area (Å²) >= 11 is 0. The SMILES string of the molecule is C[C@H](CN)C1(C(F)(F)F)CC1. The minimum Gasteiger partial charge on any atom is -0.330 e. The first-order valence-electron chi connectivity index (χ1n) is 3.71. The van der Waals surface area contributed by atoms with E-state index in [4.69, 9.17) is 5.73 Å². The zero-order chi connectivity index (χ0) is 8.70. The van der Waals surface area contributed by atoms with Gasteiger partial charge in [0.25, 0.3) is 0 Å². The normalized spacial score (nSPS) is 24.8. The highest BCUT2D eigenvalue weighted by Crippen LogP contribution is 2.61. The molecule has 0 heterocycles. The molecule has 1 rings (SSSR count). The monoisotopic (exact) mass is 167 g/mol. The fraction of sp³-hybridized carbons (Fsp3) is 1.00. The Hall–Kier alpha value is -0.250. The summed E-state index contributed by atoms with van der Waals surface area (Å²) in [4.78, 5) is 0. The van der Waals surface area contributed by atoms with Crippen LogP contribution in [0.25, 0.3) is 0 Å². The summed E-state index contributed by atoms with van der Waals surface area (Å²) in [5.74, 6) is -0.428. The maximum atomic E-state index is 12.3. The van der Waals surface area contributed by atoms with Crippen molar-refractivity contribution in [2.45, 2.75) is 25.9 Å². The van der Waals surface area contributed by atoms with Crippen LogP contribution in [0.3, 0.4) is 0 Å². The number of hydrogen-bond donors (Lipinski definition) is 1. The molecule has 1 atom stereocenters. The maximum absolute atomic E-state index is 12.3. The van der Waals surface area contributed by atoms with Gasteiger partial charge in [-0.25, -0.2) is 0 Å². The first-order valence-corrected chi connectivity index (χ1v) is 3.71. The minimum absolute atomic E-state index is 0.125. The first kappa shape index (κ1) is 8.84. The molecule has 1 fully saturated rings. The standard InChI is InChI=1S/C7H12F3N/c1-5(4-11)6(2-3-6)7(8,9)10/h5H,2-4,11H2,1H3/t5-/m1/s1. The van der Waals surface area contributed by atoms with Gasteiger partial charge in [0, 0.05) is 0 Å². The lowest BCUT2D eigenvalue weighted by molar-refractivity contribution is -0.200. The first-order chi connectivity index (χ1) is 4.94. The van der Waals surface area contributed by atoms with Gasteiger partial charge in [0.05, 0.1) is 5.41 Å². The molecule has 0 unspecified atom stereocenters. The van der Waals surface area contributed by atoms with E-state index in [1.165, 1.54) is 0 Å². The van der Waals surface area contributed by atoms with Crippen molar-refractivity contribution in [3.63, 3.8) is 0 Å². The van der Waals surface area contributed by atoms with Gasteiger partial charge in [0.15, 0.2) is 0 Å². The topological polar surface area (TPSA) is 26.0 Å². The van der Waals surface area contributed by atoms with Crippen molar-refractivity contribution in [2.24, 2.45) is 17.1 Å². The summed E-state index contributed by atoms with van der Waals surface area (Å²) < 4.78 is 36.8. The lowest BCUT2D eigenvalue weighted by atomic mass is 9.90. The van der Waals surface area contributed by atoms with E-state index in [-0.39, 0.29) is 19.4 Å². The highest BCUT2D eigenvalue weighted by Gasteiger charge is 2.65. The van der Waals surface area contributed by atoms with Crippen LogP contribution in [-0.2, 0) is 0 Å².